The normalized spacial score (nSPS) is 31.7. The minimum atomic E-state index is -0.700. The Morgan fingerprint density at radius 2 is 1.28 bits per heavy atom. The summed E-state index contributed by atoms with van der Waals surface area (Å²) in [7, 11) is 4.57. The van der Waals surface area contributed by atoms with Gasteiger partial charge in [0.1, 0.15) is 9.52 Å². The van der Waals surface area contributed by atoms with Gasteiger partial charge in [-0.3, -0.25) is 0 Å². The molecule has 0 bridgehead atoms. The van der Waals surface area contributed by atoms with Crippen molar-refractivity contribution in [3.63, 3.8) is 0 Å². The van der Waals surface area contributed by atoms with Crippen molar-refractivity contribution in [2.24, 2.45) is 17.8 Å². The summed E-state index contributed by atoms with van der Waals surface area (Å²) in [5.41, 5.74) is 0.107. The van der Waals surface area contributed by atoms with E-state index in [4.69, 9.17) is 14.2 Å². The van der Waals surface area contributed by atoms with Crippen LogP contribution < -0.4 is 0 Å². The maximum absolute atomic E-state index is 5.55. The van der Waals surface area contributed by atoms with Crippen molar-refractivity contribution < 1.29 is 14.2 Å². The van der Waals surface area contributed by atoms with Crippen molar-refractivity contribution in [2.75, 3.05) is 21.3 Å². The number of ether oxygens (including phenoxy) is 3. The molecule has 2 fully saturated rings. The SMILES string of the molecule is CCCCCC1CCC(C2CCC([SiH2]C(OC)(OC)OC)CC2)CC1. The van der Waals surface area contributed by atoms with E-state index in [1.165, 1.54) is 77.0 Å². The first-order valence-corrected chi connectivity index (χ1v) is 12.3. The van der Waals surface area contributed by atoms with Crippen LogP contribution in [0.2, 0.25) is 5.54 Å². The summed E-state index contributed by atoms with van der Waals surface area (Å²) in [5.74, 6) is 3.04. The fourth-order valence-corrected chi connectivity index (χ4v) is 7.44. The molecule has 0 amide bonds. The van der Waals surface area contributed by atoms with E-state index in [9.17, 15) is 0 Å². The molecule has 2 rings (SSSR count). The fourth-order valence-electron chi connectivity index (χ4n) is 5.35. The first-order chi connectivity index (χ1) is 12.2. The first kappa shape index (κ1) is 21.4. The van der Waals surface area contributed by atoms with Gasteiger partial charge in [0.05, 0.1) is 0 Å². The van der Waals surface area contributed by atoms with Crippen molar-refractivity contribution in [2.45, 2.75) is 95.1 Å². The molecule has 2 saturated carbocycles. The molecule has 0 aromatic heterocycles. The summed E-state index contributed by atoms with van der Waals surface area (Å²) >= 11 is 0. The molecule has 2 aliphatic carbocycles. The average molecular weight is 371 g/mol. The third-order valence-corrected chi connectivity index (χ3v) is 9.90. The summed E-state index contributed by atoms with van der Waals surface area (Å²) in [6, 6.07) is 0. The molecule has 0 saturated heterocycles. The van der Waals surface area contributed by atoms with Crippen LogP contribution in [0.3, 0.4) is 0 Å². The van der Waals surface area contributed by atoms with Crippen molar-refractivity contribution >= 4 is 9.52 Å². The second kappa shape index (κ2) is 11.1. The molecule has 2 aliphatic rings. The second-order valence-corrected chi connectivity index (χ2v) is 11.0. The van der Waals surface area contributed by atoms with Gasteiger partial charge in [-0.25, -0.2) is 0 Å². The lowest BCUT2D eigenvalue weighted by Crippen LogP contribution is -2.45. The maximum atomic E-state index is 5.55. The van der Waals surface area contributed by atoms with Gasteiger partial charge >= 0.3 is 0 Å². The first-order valence-electron chi connectivity index (χ1n) is 10.8. The van der Waals surface area contributed by atoms with E-state index < -0.39 is 15.1 Å². The third-order valence-electron chi connectivity index (χ3n) is 7.14. The fraction of sp³-hybridized carbons (Fsp3) is 1.00. The highest BCUT2D eigenvalue weighted by Gasteiger charge is 2.37. The quantitative estimate of drug-likeness (QED) is 0.305. The Morgan fingerprint density at radius 3 is 1.76 bits per heavy atom. The summed E-state index contributed by atoms with van der Waals surface area (Å²) in [6.07, 6.45) is 17.3. The molecular formula is C21H42O3Si. The van der Waals surface area contributed by atoms with Crippen molar-refractivity contribution in [1.82, 2.24) is 0 Å². The summed E-state index contributed by atoms with van der Waals surface area (Å²) in [4.78, 5) is 0. The molecule has 0 unspecified atom stereocenters. The van der Waals surface area contributed by atoms with Crippen LogP contribution in [-0.2, 0) is 14.2 Å². The van der Waals surface area contributed by atoms with Gasteiger partial charge in [-0.15, -0.1) is 0 Å². The number of hydrogen-bond acceptors (Lipinski definition) is 3. The lowest BCUT2D eigenvalue weighted by molar-refractivity contribution is -0.295. The Hall–Kier alpha value is 0.0969. The minimum absolute atomic E-state index is 0.566. The van der Waals surface area contributed by atoms with E-state index in [0.29, 0.717) is 0 Å². The minimum Gasteiger partial charge on any atom is -0.335 e. The Balaban J connectivity index is 1.69. The summed E-state index contributed by atoms with van der Waals surface area (Å²) < 4.78 is 16.7. The summed E-state index contributed by atoms with van der Waals surface area (Å²) in [6.45, 7) is 2.31. The zero-order chi connectivity index (χ0) is 18.1. The topological polar surface area (TPSA) is 27.7 Å². The van der Waals surface area contributed by atoms with Crippen molar-refractivity contribution in [1.29, 1.82) is 0 Å². The second-order valence-electron chi connectivity index (χ2n) is 8.56. The highest BCUT2D eigenvalue weighted by atomic mass is 28.2. The van der Waals surface area contributed by atoms with Crippen LogP contribution in [0.4, 0.5) is 0 Å². The van der Waals surface area contributed by atoms with E-state index in [-0.39, 0.29) is 0 Å². The zero-order valence-corrected chi connectivity index (χ0v) is 18.6. The molecular weight excluding hydrogens is 328 g/mol. The Labute approximate surface area is 158 Å². The molecule has 3 nitrogen and oxygen atoms in total. The highest BCUT2D eigenvalue weighted by Crippen LogP contribution is 2.44. The van der Waals surface area contributed by atoms with Crippen LogP contribution >= 0.6 is 0 Å². The molecule has 0 spiro atoms. The molecule has 25 heavy (non-hydrogen) atoms. The predicted molar refractivity (Wildman–Crippen MR) is 108 cm³/mol. The van der Waals surface area contributed by atoms with E-state index in [2.05, 4.69) is 6.92 Å². The van der Waals surface area contributed by atoms with E-state index in [0.717, 1.165) is 23.3 Å². The Kier molecular flexibility index (Phi) is 9.46. The molecule has 0 N–H and O–H groups in total. The molecule has 0 aromatic carbocycles. The molecule has 0 radical (unpaired) electrons. The van der Waals surface area contributed by atoms with Gasteiger partial charge in [0.2, 0.25) is 5.60 Å². The van der Waals surface area contributed by atoms with Crippen LogP contribution in [0.1, 0.15) is 84.0 Å². The van der Waals surface area contributed by atoms with Crippen molar-refractivity contribution in [3.05, 3.63) is 0 Å². The number of methoxy groups -OCH3 is 3. The number of rotatable bonds is 10. The number of hydrogen-bond donors (Lipinski definition) is 0. The van der Waals surface area contributed by atoms with E-state index in [1.54, 1.807) is 21.3 Å². The summed E-state index contributed by atoms with van der Waals surface area (Å²) in [5, 5.41) is 0. The van der Waals surface area contributed by atoms with Gasteiger partial charge in [-0.1, -0.05) is 71.1 Å². The largest absolute Gasteiger partial charge is 0.335 e. The third kappa shape index (κ3) is 6.33. The smallest absolute Gasteiger partial charge is 0.248 e. The van der Waals surface area contributed by atoms with Gasteiger partial charge in [-0.2, -0.15) is 0 Å². The predicted octanol–water partition coefficient (Wildman–Crippen LogP) is 5.07. The zero-order valence-electron chi connectivity index (χ0n) is 17.2. The highest BCUT2D eigenvalue weighted by molar-refractivity contribution is 6.40. The molecule has 0 heterocycles. The Bertz CT molecular complexity index is 335. The van der Waals surface area contributed by atoms with Crippen molar-refractivity contribution in [3.8, 4) is 0 Å². The molecule has 0 aromatic rings. The van der Waals surface area contributed by atoms with Gasteiger partial charge in [-0.05, 0) is 36.1 Å². The standard InChI is InChI=1S/C21H42O3Si/c1-5-6-7-8-17-9-11-18(12-10-17)19-13-15-20(16-14-19)25-21(22-2,23-3)24-4/h17-20H,5-16,25H2,1-4H3. The van der Waals surface area contributed by atoms with Crippen LogP contribution in [0, 0.1) is 17.8 Å². The van der Waals surface area contributed by atoms with E-state index >= 15 is 0 Å². The van der Waals surface area contributed by atoms with Crippen LogP contribution in [0.15, 0.2) is 0 Å². The van der Waals surface area contributed by atoms with Gasteiger partial charge in [0, 0.05) is 21.3 Å². The van der Waals surface area contributed by atoms with Crippen LogP contribution in [0.5, 0.6) is 0 Å². The lowest BCUT2D eigenvalue weighted by Gasteiger charge is -2.39. The molecule has 0 aliphatic heterocycles. The van der Waals surface area contributed by atoms with Gasteiger partial charge in [0.15, 0.2) is 0 Å². The molecule has 4 heteroatoms. The van der Waals surface area contributed by atoms with Gasteiger partial charge < -0.3 is 14.2 Å². The number of unbranched alkanes of at least 4 members (excludes halogenated alkanes) is 2. The molecule has 0 atom stereocenters. The lowest BCUT2D eigenvalue weighted by atomic mass is 9.70. The van der Waals surface area contributed by atoms with Crippen LogP contribution in [-0.4, -0.2) is 36.4 Å². The van der Waals surface area contributed by atoms with Gasteiger partial charge in [0.25, 0.3) is 0 Å². The van der Waals surface area contributed by atoms with E-state index in [1.807, 2.05) is 0 Å². The maximum Gasteiger partial charge on any atom is 0.248 e. The van der Waals surface area contributed by atoms with Crippen LogP contribution in [0.25, 0.3) is 0 Å². The monoisotopic (exact) mass is 370 g/mol. The Morgan fingerprint density at radius 1 is 0.760 bits per heavy atom. The molecule has 148 valence electrons. The average Bonchev–Trinajstić information content (AvgIpc) is 2.68.